The van der Waals surface area contributed by atoms with E-state index in [1.165, 1.54) is 32.4 Å². The second kappa shape index (κ2) is 6.98. The predicted molar refractivity (Wildman–Crippen MR) is 67.4 cm³/mol. The Morgan fingerprint density at radius 1 is 1.40 bits per heavy atom. The standard InChI is InChI=1S/C10H22N4S/c1-9(5-6-12-10(15)13-11)14-7-3-2-4-8-14/h9H,2-8,11H2,1H3,(H2,12,13,15). The number of hydrogen-bond acceptors (Lipinski definition) is 3. The van der Waals surface area contributed by atoms with E-state index in [2.05, 4.69) is 22.6 Å². The fourth-order valence-corrected chi connectivity index (χ4v) is 2.09. The Balaban J connectivity index is 2.11. The van der Waals surface area contributed by atoms with Gasteiger partial charge in [-0.3, -0.25) is 0 Å². The summed E-state index contributed by atoms with van der Waals surface area (Å²) >= 11 is 4.90. The Kier molecular flexibility index (Phi) is 5.90. The van der Waals surface area contributed by atoms with Crippen LogP contribution >= 0.6 is 12.2 Å². The lowest BCUT2D eigenvalue weighted by atomic mass is 10.1. The number of rotatable bonds is 4. The largest absolute Gasteiger partial charge is 0.362 e. The van der Waals surface area contributed by atoms with Gasteiger partial charge in [0.25, 0.3) is 0 Å². The maximum atomic E-state index is 5.17. The molecule has 0 aromatic heterocycles. The van der Waals surface area contributed by atoms with Gasteiger partial charge in [-0.05, 0) is 51.5 Å². The smallest absolute Gasteiger partial charge is 0.180 e. The molecule has 1 heterocycles. The highest BCUT2D eigenvalue weighted by atomic mass is 32.1. The van der Waals surface area contributed by atoms with Gasteiger partial charge in [0.15, 0.2) is 5.11 Å². The molecule has 0 aliphatic carbocycles. The molecule has 4 N–H and O–H groups in total. The number of hydrogen-bond donors (Lipinski definition) is 3. The molecule has 1 unspecified atom stereocenters. The van der Waals surface area contributed by atoms with Gasteiger partial charge in [-0.2, -0.15) is 0 Å². The normalized spacial score (nSPS) is 19.6. The average Bonchev–Trinajstić information content (AvgIpc) is 2.29. The van der Waals surface area contributed by atoms with Crippen molar-refractivity contribution < 1.29 is 0 Å². The lowest BCUT2D eigenvalue weighted by Gasteiger charge is -2.32. The maximum absolute atomic E-state index is 5.17. The van der Waals surface area contributed by atoms with E-state index in [1.54, 1.807) is 0 Å². The van der Waals surface area contributed by atoms with E-state index < -0.39 is 0 Å². The van der Waals surface area contributed by atoms with Crippen molar-refractivity contribution in [3.63, 3.8) is 0 Å². The number of hydrazine groups is 1. The van der Waals surface area contributed by atoms with Gasteiger partial charge in [0, 0.05) is 12.6 Å². The number of nitrogens with one attached hydrogen (secondary N) is 2. The minimum atomic E-state index is 0.529. The fraction of sp³-hybridized carbons (Fsp3) is 0.900. The molecule has 0 aromatic carbocycles. The first-order chi connectivity index (χ1) is 7.24. The third-order valence-corrected chi connectivity index (χ3v) is 3.25. The van der Waals surface area contributed by atoms with E-state index in [0.29, 0.717) is 11.2 Å². The van der Waals surface area contributed by atoms with Crippen LogP contribution < -0.4 is 16.6 Å². The third-order valence-electron chi connectivity index (χ3n) is 2.99. The van der Waals surface area contributed by atoms with Crippen molar-refractivity contribution in [3.8, 4) is 0 Å². The summed E-state index contributed by atoms with van der Waals surface area (Å²) in [7, 11) is 0. The van der Waals surface area contributed by atoms with Gasteiger partial charge in [0.05, 0.1) is 0 Å². The SMILES string of the molecule is CC(CCNC(=S)NN)N1CCCCC1. The summed E-state index contributed by atoms with van der Waals surface area (Å²) in [6, 6.07) is 0.637. The zero-order valence-electron chi connectivity index (χ0n) is 9.46. The Morgan fingerprint density at radius 2 is 2.07 bits per heavy atom. The van der Waals surface area contributed by atoms with Crippen LogP contribution in [0.2, 0.25) is 0 Å². The van der Waals surface area contributed by atoms with Crippen molar-refractivity contribution in [2.75, 3.05) is 19.6 Å². The summed E-state index contributed by atoms with van der Waals surface area (Å²) in [4.78, 5) is 2.56. The van der Waals surface area contributed by atoms with Crippen molar-refractivity contribution in [2.45, 2.75) is 38.6 Å². The van der Waals surface area contributed by atoms with Gasteiger partial charge in [0.2, 0.25) is 0 Å². The van der Waals surface area contributed by atoms with E-state index in [0.717, 1.165) is 13.0 Å². The average molecular weight is 230 g/mol. The molecule has 0 aromatic rings. The molecule has 15 heavy (non-hydrogen) atoms. The van der Waals surface area contributed by atoms with Crippen molar-refractivity contribution in [1.82, 2.24) is 15.6 Å². The molecule has 0 radical (unpaired) electrons. The molecule has 1 fully saturated rings. The molecule has 88 valence electrons. The molecule has 1 rings (SSSR count). The number of nitrogens with zero attached hydrogens (tertiary/aromatic N) is 1. The lowest BCUT2D eigenvalue weighted by molar-refractivity contribution is 0.167. The third kappa shape index (κ3) is 4.77. The fourth-order valence-electron chi connectivity index (χ4n) is 1.99. The molecule has 0 spiro atoms. The van der Waals surface area contributed by atoms with Crippen LogP contribution in [0.1, 0.15) is 32.6 Å². The predicted octanol–water partition coefficient (Wildman–Crippen LogP) is 0.589. The maximum Gasteiger partial charge on any atom is 0.180 e. The van der Waals surface area contributed by atoms with Crippen LogP contribution in [0.5, 0.6) is 0 Å². The zero-order valence-corrected chi connectivity index (χ0v) is 10.3. The van der Waals surface area contributed by atoms with Gasteiger partial charge in [-0.25, -0.2) is 5.84 Å². The molecule has 0 amide bonds. The Bertz CT molecular complexity index is 192. The minimum Gasteiger partial charge on any atom is -0.362 e. The summed E-state index contributed by atoms with van der Waals surface area (Å²) in [6.45, 7) is 5.67. The lowest BCUT2D eigenvalue weighted by Crippen LogP contribution is -2.43. The van der Waals surface area contributed by atoms with Crippen LogP contribution in [0.3, 0.4) is 0 Å². The van der Waals surface area contributed by atoms with Crippen LogP contribution in [0, 0.1) is 0 Å². The molecule has 4 nitrogen and oxygen atoms in total. The highest BCUT2D eigenvalue weighted by molar-refractivity contribution is 7.80. The Hall–Kier alpha value is -0.390. The molecular formula is C10H22N4S. The Morgan fingerprint density at radius 3 is 2.67 bits per heavy atom. The highest BCUT2D eigenvalue weighted by Crippen LogP contribution is 2.13. The minimum absolute atomic E-state index is 0.529. The van der Waals surface area contributed by atoms with Crippen LogP contribution in [0.15, 0.2) is 0 Å². The second-order valence-electron chi connectivity index (χ2n) is 4.13. The number of piperidine rings is 1. The van der Waals surface area contributed by atoms with Crippen LogP contribution in [-0.4, -0.2) is 35.7 Å². The topological polar surface area (TPSA) is 53.3 Å². The molecular weight excluding hydrogens is 208 g/mol. The van der Waals surface area contributed by atoms with Crippen LogP contribution in [0.25, 0.3) is 0 Å². The molecule has 5 heteroatoms. The summed E-state index contributed by atoms with van der Waals surface area (Å²) in [5.74, 6) is 5.17. The summed E-state index contributed by atoms with van der Waals surface area (Å²) in [6.07, 6.45) is 5.20. The summed E-state index contributed by atoms with van der Waals surface area (Å²) in [5, 5.41) is 3.60. The van der Waals surface area contributed by atoms with E-state index in [-0.39, 0.29) is 0 Å². The van der Waals surface area contributed by atoms with Crippen molar-refractivity contribution in [1.29, 1.82) is 0 Å². The number of likely N-dealkylation sites (tertiary alicyclic amines) is 1. The second-order valence-corrected chi connectivity index (χ2v) is 4.54. The quantitative estimate of drug-likeness (QED) is 0.375. The van der Waals surface area contributed by atoms with Gasteiger partial charge < -0.3 is 15.6 Å². The van der Waals surface area contributed by atoms with Gasteiger partial charge in [0.1, 0.15) is 0 Å². The van der Waals surface area contributed by atoms with Crippen molar-refractivity contribution in [2.24, 2.45) is 5.84 Å². The van der Waals surface area contributed by atoms with Crippen LogP contribution in [-0.2, 0) is 0 Å². The monoisotopic (exact) mass is 230 g/mol. The van der Waals surface area contributed by atoms with E-state index >= 15 is 0 Å². The van der Waals surface area contributed by atoms with Gasteiger partial charge in [-0.15, -0.1) is 0 Å². The first-order valence-corrected chi connectivity index (χ1v) is 6.13. The van der Waals surface area contributed by atoms with Gasteiger partial charge >= 0.3 is 0 Å². The molecule has 0 bridgehead atoms. The van der Waals surface area contributed by atoms with Crippen molar-refractivity contribution >= 4 is 17.3 Å². The van der Waals surface area contributed by atoms with Crippen LogP contribution in [0.4, 0.5) is 0 Å². The molecule has 1 aliphatic rings. The van der Waals surface area contributed by atoms with E-state index in [1.807, 2.05) is 0 Å². The highest BCUT2D eigenvalue weighted by Gasteiger charge is 2.15. The Labute approximate surface area is 97.5 Å². The molecule has 0 saturated carbocycles. The summed E-state index contributed by atoms with van der Waals surface area (Å²) in [5.41, 5.74) is 2.42. The molecule has 1 saturated heterocycles. The first kappa shape index (κ1) is 12.7. The van der Waals surface area contributed by atoms with E-state index in [9.17, 15) is 0 Å². The zero-order chi connectivity index (χ0) is 11.1. The van der Waals surface area contributed by atoms with Crippen molar-refractivity contribution in [3.05, 3.63) is 0 Å². The number of nitrogens with two attached hydrogens (primary N) is 1. The van der Waals surface area contributed by atoms with E-state index in [4.69, 9.17) is 18.1 Å². The summed E-state index contributed by atoms with van der Waals surface area (Å²) < 4.78 is 0. The van der Waals surface area contributed by atoms with Gasteiger partial charge in [-0.1, -0.05) is 6.42 Å². The molecule has 1 aliphatic heterocycles. The molecule has 1 atom stereocenters. The number of thiocarbonyl (C=S) groups is 1. The first-order valence-electron chi connectivity index (χ1n) is 5.72.